The second-order valence-electron chi connectivity index (χ2n) is 13.3. The Kier molecular flexibility index (Phi) is 10.1. The van der Waals surface area contributed by atoms with Gasteiger partial charge in [-0.1, -0.05) is 43.0 Å². The zero-order chi connectivity index (χ0) is 28.8. The predicted molar refractivity (Wildman–Crippen MR) is 165 cm³/mol. The van der Waals surface area contributed by atoms with Gasteiger partial charge < -0.3 is 15.0 Å². The molecule has 2 saturated heterocycles. The number of hydrogen-bond acceptors (Lipinski definition) is 6. The monoisotopic (exact) mass is 596 g/mol. The van der Waals surface area contributed by atoms with Gasteiger partial charge in [-0.3, -0.25) is 14.4 Å². The molecule has 6 rings (SSSR count). The first-order valence-electron chi connectivity index (χ1n) is 16.5. The minimum absolute atomic E-state index is 0.196. The molecule has 0 spiro atoms. The van der Waals surface area contributed by atoms with Crippen molar-refractivity contribution in [1.29, 1.82) is 0 Å². The fraction of sp³-hybridized carbons (Fsp3) is 0.727. The Morgan fingerprint density at radius 2 is 1.69 bits per heavy atom. The second-order valence-corrected chi connectivity index (χ2v) is 13.8. The number of nitrogens with zero attached hydrogens (tertiary/aromatic N) is 5. The Bertz CT molecular complexity index is 1100. The summed E-state index contributed by atoms with van der Waals surface area (Å²) in [6.07, 6.45) is 17.5. The third-order valence-corrected chi connectivity index (χ3v) is 11.1. The molecule has 8 nitrogen and oxygen atoms in total. The molecule has 4 fully saturated rings. The maximum absolute atomic E-state index is 14.2. The number of benzene rings is 1. The first-order chi connectivity index (χ1) is 20.6. The molecule has 2 aliphatic heterocycles. The molecule has 0 bridgehead atoms. The van der Waals surface area contributed by atoms with Crippen LogP contribution in [0, 0.1) is 11.3 Å². The minimum atomic E-state index is -0.214. The quantitative estimate of drug-likeness (QED) is 0.441. The summed E-state index contributed by atoms with van der Waals surface area (Å²) in [5.74, 6) is 0.968. The molecular formula is C33H49ClN6O2. The topological polar surface area (TPSA) is 75.5 Å². The second kappa shape index (κ2) is 14.2. The largest absolute Gasteiger partial charge is 0.379 e. The minimum Gasteiger partial charge on any atom is -0.379 e. The van der Waals surface area contributed by atoms with E-state index in [1.807, 2.05) is 23.1 Å². The summed E-state index contributed by atoms with van der Waals surface area (Å²) in [5.41, 5.74) is 1.36. The molecule has 1 atom stereocenters. The molecule has 3 heterocycles. The van der Waals surface area contributed by atoms with Crippen LogP contribution >= 0.6 is 11.6 Å². The van der Waals surface area contributed by atoms with Gasteiger partial charge in [-0.25, -0.2) is 4.98 Å². The van der Waals surface area contributed by atoms with Crippen molar-refractivity contribution in [3.63, 3.8) is 0 Å². The molecule has 1 aromatic carbocycles. The Morgan fingerprint density at radius 3 is 2.36 bits per heavy atom. The number of amides is 1. The third kappa shape index (κ3) is 7.37. The number of rotatable bonds is 9. The van der Waals surface area contributed by atoms with Gasteiger partial charge in [0, 0.05) is 49.8 Å². The smallest absolute Gasteiger partial charge is 0.240 e. The fourth-order valence-electron chi connectivity index (χ4n) is 8.35. The van der Waals surface area contributed by atoms with Crippen molar-refractivity contribution < 1.29 is 9.53 Å². The molecule has 2 saturated carbocycles. The standard InChI is InChI=1S/C33H49ClN6O2/c34-28-8-6-26(7-9-28)22-31(37-29-10-12-30(13-11-29)38-18-20-42-21-19-38)32(41)39-16-14-33(15-17-39,23-40-25-35-24-36-40)27-4-2-1-3-5-27/h6-9,24-25,27,29-31,37H,1-5,10-23H2/t29-,30+,31-/m1/s1. The summed E-state index contributed by atoms with van der Waals surface area (Å²) in [6, 6.07) is 8.84. The first-order valence-corrected chi connectivity index (χ1v) is 16.9. The van der Waals surface area contributed by atoms with Crippen LogP contribution in [0.4, 0.5) is 0 Å². The Hall–Kier alpha value is -2.00. The van der Waals surface area contributed by atoms with Gasteiger partial charge in [-0.2, -0.15) is 5.10 Å². The molecular weight excluding hydrogens is 548 g/mol. The Balaban J connectivity index is 1.11. The van der Waals surface area contributed by atoms with Crippen LogP contribution in [-0.4, -0.2) is 88.0 Å². The summed E-state index contributed by atoms with van der Waals surface area (Å²) in [7, 11) is 0. The van der Waals surface area contributed by atoms with E-state index in [4.69, 9.17) is 16.3 Å². The van der Waals surface area contributed by atoms with Gasteiger partial charge in [0.25, 0.3) is 0 Å². The highest BCUT2D eigenvalue weighted by Gasteiger charge is 2.44. The van der Waals surface area contributed by atoms with Crippen LogP contribution in [0.15, 0.2) is 36.9 Å². The van der Waals surface area contributed by atoms with E-state index in [-0.39, 0.29) is 17.4 Å². The van der Waals surface area contributed by atoms with Crippen molar-refractivity contribution >= 4 is 17.5 Å². The van der Waals surface area contributed by atoms with Gasteiger partial charge in [-0.05, 0) is 86.8 Å². The number of hydrogen-bond donors (Lipinski definition) is 1. The van der Waals surface area contributed by atoms with Crippen LogP contribution in [0.3, 0.4) is 0 Å². The van der Waals surface area contributed by atoms with Crippen molar-refractivity contribution in [1.82, 2.24) is 29.9 Å². The number of morpholine rings is 1. The lowest BCUT2D eigenvalue weighted by molar-refractivity contribution is -0.137. The fourth-order valence-corrected chi connectivity index (χ4v) is 8.47. The highest BCUT2D eigenvalue weighted by atomic mass is 35.5. The van der Waals surface area contributed by atoms with Crippen LogP contribution in [0.5, 0.6) is 0 Å². The average molecular weight is 597 g/mol. The third-order valence-electron chi connectivity index (χ3n) is 10.8. The molecule has 1 aromatic heterocycles. The van der Waals surface area contributed by atoms with Crippen LogP contribution < -0.4 is 5.32 Å². The molecule has 0 unspecified atom stereocenters. The summed E-state index contributed by atoms with van der Waals surface area (Å²) >= 11 is 6.19. The Morgan fingerprint density at radius 1 is 0.976 bits per heavy atom. The summed E-state index contributed by atoms with van der Waals surface area (Å²) in [6.45, 7) is 6.38. The number of aromatic nitrogens is 3. The number of halogens is 1. The summed E-state index contributed by atoms with van der Waals surface area (Å²) in [5, 5.41) is 9.09. The van der Waals surface area contributed by atoms with Gasteiger partial charge in [0.2, 0.25) is 5.91 Å². The van der Waals surface area contributed by atoms with E-state index < -0.39 is 0 Å². The van der Waals surface area contributed by atoms with Crippen molar-refractivity contribution in [2.75, 3.05) is 39.4 Å². The van der Waals surface area contributed by atoms with E-state index >= 15 is 0 Å². The van der Waals surface area contributed by atoms with E-state index in [1.54, 1.807) is 6.33 Å². The molecule has 0 radical (unpaired) electrons. The molecule has 2 aromatic rings. The van der Waals surface area contributed by atoms with Crippen molar-refractivity contribution in [3.05, 3.63) is 47.5 Å². The molecule has 4 aliphatic rings. The zero-order valence-corrected chi connectivity index (χ0v) is 25.9. The van der Waals surface area contributed by atoms with Gasteiger partial charge >= 0.3 is 0 Å². The van der Waals surface area contributed by atoms with Gasteiger partial charge in [-0.15, -0.1) is 0 Å². The number of piperidine rings is 1. The van der Waals surface area contributed by atoms with Gasteiger partial charge in [0.15, 0.2) is 0 Å². The van der Waals surface area contributed by atoms with Gasteiger partial charge in [0.05, 0.1) is 19.3 Å². The lowest BCUT2D eigenvalue weighted by Gasteiger charge is -2.48. The van der Waals surface area contributed by atoms with Crippen LogP contribution in [0.1, 0.15) is 76.2 Å². The SMILES string of the molecule is O=C([C@@H](Cc1ccc(Cl)cc1)N[C@H]1CC[C@@H](N2CCOCC2)CC1)N1CCC(Cn2cncn2)(C2CCCCC2)CC1. The number of likely N-dealkylation sites (tertiary alicyclic amines) is 1. The Labute approximate surface area is 256 Å². The lowest BCUT2D eigenvalue weighted by Crippen LogP contribution is -2.56. The molecule has 2 aliphatic carbocycles. The first kappa shape index (κ1) is 30.0. The van der Waals surface area contributed by atoms with E-state index in [2.05, 4.69) is 37.3 Å². The van der Waals surface area contributed by atoms with E-state index in [0.717, 1.165) is 82.2 Å². The summed E-state index contributed by atoms with van der Waals surface area (Å²) in [4.78, 5) is 23.2. The maximum atomic E-state index is 14.2. The normalized spacial score (nSPS) is 26.6. The van der Waals surface area contributed by atoms with E-state index in [0.29, 0.717) is 24.4 Å². The highest BCUT2D eigenvalue weighted by molar-refractivity contribution is 6.30. The van der Waals surface area contributed by atoms with Crippen LogP contribution in [0.25, 0.3) is 0 Å². The molecule has 42 heavy (non-hydrogen) atoms. The highest BCUT2D eigenvalue weighted by Crippen LogP contribution is 2.47. The summed E-state index contributed by atoms with van der Waals surface area (Å²) < 4.78 is 7.61. The van der Waals surface area contributed by atoms with Crippen molar-refractivity contribution in [2.45, 2.75) is 102 Å². The number of nitrogens with one attached hydrogen (secondary N) is 1. The zero-order valence-electron chi connectivity index (χ0n) is 25.1. The number of ether oxygens (including phenoxy) is 1. The lowest BCUT2D eigenvalue weighted by atomic mass is 9.63. The molecule has 1 amide bonds. The molecule has 9 heteroatoms. The number of carbonyl (C=O) groups excluding carboxylic acids is 1. The van der Waals surface area contributed by atoms with Crippen LogP contribution in [-0.2, 0) is 22.5 Å². The van der Waals surface area contributed by atoms with E-state index in [9.17, 15) is 4.79 Å². The van der Waals surface area contributed by atoms with E-state index in [1.165, 1.54) is 44.9 Å². The molecule has 230 valence electrons. The predicted octanol–water partition coefficient (Wildman–Crippen LogP) is 4.96. The van der Waals surface area contributed by atoms with Gasteiger partial charge in [0.1, 0.15) is 12.7 Å². The van der Waals surface area contributed by atoms with Crippen LogP contribution in [0.2, 0.25) is 5.02 Å². The van der Waals surface area contributed by atoms with Crippen molar-refractivity contribution in [2.24, 2.45) is 11.3 Å². The van der Waals surface area contributed by atoms with Crippen molar-refractivity contribution in [3.8, 4) is 0 Å². The number of carbonyl (C=O) groups is 1. The average Bonchev–Trinajstić information content (AvgIpc) is 3.56. The molecule has 1 N–H and O–H groups in total. The maximum Gasteiger partial charge on any atom is 0.240 e.